The summed E-state index contributed by atoms with van der Waals surface area (Å²) in [6.45, 7) is 9.30. The highest BCUT2D eigenvalue weighted by atomic mass is 35.5. The molecular weight excluding hydrogens is 402 g/mol. The van der Waals surface area contributed by atoms with E-state index in [0.29, 0.717) is 27.4 Å². The van der Waals surface area contributed by atoms with Gasteiger partial charge in [0.2, 0.25) is 0 Å². The van der Waals surface area contributed by atoms with Gasteiger partial charge in [-0.05, 0) is 51.0 Å². The average Bonchev–Trinajstić information content (AvgIpc) is 2.65. The summed E-state index contributed by atoms with van der Waals surface area (Å²) in [6.07, 6.45) is -0.568. The number of carbonyl (C=O) groups is 1. The number of hydrogen-bond acceptors (Lipinski definition) is 4. The zero-order chi connectivity index (χ0) is 22.1. The molecule has 158 valence electrons. The van der Waals surface area contributed by atoms with Gasteiger partial charge in [-0.25, -0.2) is 9.78 Å². The molecule has 2 aromatic carbocycles. The van der Waals surface area contributed by atoms with E-state index in [4.69, 9.17) is 21.3 Å². The number of aromatic nitrogens is 2. The number of rotatable bonds is 4. The highest BCUT2D eigenvalue weighted by molar-refractivity contribution is 6.35. The molecule has 1 N–H and O–H groups in total. The Labute approximate surface area is 180 Å². The molecule has 0 unspecified atom stereocenters. The molecule has 3 rings (SSSR count). The fourth-order valence-electron chi connectivity index (χ4n) is 3.21. The molecule has 1 heterocycles. The topological polar surface area (TPSA) is 73.2 Å². The number of benzene rings is 2. The zero-order valence-electron chi connectivity index (χ0n) is 17.8. The quantitative estimate of drug-likeness (QED) is 0.616. The van der Waals surface area contributed by atoms with Crippen molar-refractivity contribution in [3.8, 4) is 5.69 Å². The van der Waals surface area contributed by atoms with Gasteiger partial charge in [0, 0.05) is 0 Å². The number of alkyl carbamates (subject to hydrolysis) is 1. The van der Waals surface area contributed by atoms with Crippen molar-refractivity contribution in [1.29, 1.82) is 0 Å². The van der Waals surface area contributed by atoms with Crippen LogP contribution in [0.4, 0.5) is 4.79 Å². The van der Waals surface area contributed by atoms with Crippen molar-refractivity contribution in [2.45, 2.75) is 46.3 Å². The molecule has 0 saturated carbocycles. The molecule has 0 spiro atoms. The highest BCUT2D eigenvalue weighted by Crippen LogP contribution is 2.26. The molecule has 1 aromatic heterocycles. The van der Waals surface area contributed by atoms with E-state index in [1.165, 1.54) is 4.57 Å². The van der Waals surface area contributed by atoms with Crippen molar-refractivity contribution in [3.05, 3.63) is 69.7 Å². The van der Waals surface area contributed by atoms with Crippen molar-refractivity contribution < 1.29 is 9.53 Å². The summed E-state index contributed by atoms with van der Waals surface area (Å²) in [7, 11) is 0. The Morgan fingerprint density at radius 3 is 2.37 bits per heavy atom. The first-order chi connectivity index (χ1) is 14.1. The van der Waals surface area contributed by atoms with Crippen LogP contribution in [0.1, 0.15) is 46.5 Å². The van der Waals surface area contributed by atoms with Gasteiger partial charge in [-0.1, -0.05) is 49.7 Å². The number of fused-ring (bicyclic) bond motifs is 1. The van der Waals surface area contributed by atoms with Crippen LogP contribution in [0.3, 0.4) is 0 Å². The number of para-hydroxylation sites is 1. The molecule has 0 aliphatic heterocycles. The second-order valence-electron chi connectivity index (χ2n) is 8.45. The van der Waals surface area contributed by atoms with E-state index in [2.05, 4.69) is 5.32 Å². The lowest BCUT2D eigenvalue weighted by atomic mass is 10.0. The van der Waals surface area contributed by atoms with Crippen molar-refractivity contribution in [2.75, 3.05) is 0 Å². The lowest BCUT2D eigenvalue weighted by Crippen LogP contribution is -2.40. The number of ether oxygens (including phenoxy) is 1. The molecular formula is C23H26ClN3O3. The van der Waals surface area contributed by atoms with Gasteiger partial charge in [-0.2, -0.15) is 0 Å². The first-order valence-electron chi connectivity index (χ1n) is 9.84. The molecule has 0 radical (unpaired) electrons. The van der Waals surface area contributed by atoms with Crippen LogP contribution in [0.15, 0.2) is 53.3 Å². The average molecular weight is 428 g/mol. The van der Waals surface area contributed by atoms with Crippen molar-refractivity contribution in [1.82, 2.24) is 14.9 Å². The Morgan fingerprint density at radius 1 is 1.10 bits per heavy atom. The lowest BCUT2D eigenvalue weighted by molar-refractivity contribution is 0.0485. The molecule has 6 nitrogen and oxygen atoms in total. The minimum atomic E-state index is -0.644. The number of amides is 1. The first-order valence-corrected chi connectivity index (χ1v) is 10.2. The van der Waals surface area contributed by atoms with Crippen LogP contribution in [0.5, 0.6) is 0 Å². The molecule has 1 amide bonds. The standard InChI is InChI=1S/C23H26ClN3O3/c1-14(2)19(26-22(29)30-23(3,4)5)20-25-17-13-9-12-16(24)18(17)21(28)27(20)15-10-7-6-8-11-15/h6-14,19H,1-5H3,(H,26,29)/t19-/m1/s1. The Kier molecular flexibility index (Phi) is 6.17. The normalized spacial score (nSPS) is 12.8. The van der Waals surface area contributed by atoms with E-state index in [9.17, 15) is 9.59 Å². The Balaban J connectivity index is 2.24. The Bertz CT molecular complexity index is 1120. The van der Waals surface area contributed by atoms with Crippen molar-refractivity contribution in [2.24, 2.45) is 5.92 Å². The predicted octanol–water partition coefficient (Wildman–Crippen LogP) is 5.26. The number of halogens is 1. The van der Waals surface area contributed by atoms with Crippen LogP contribution in [-0.4, -0.2) is 21.2 Å². The van der Waals surface area contributed by atoms with Gasteiger partial charge < -0.3 is 10.1 Å². The molecule has 0 fully saturated rings. The van der Waals surface area contributed by atoms with Crippen LogP contribution < -0.4 is 10.9 Å². The second kappa shape index (κ2) is 8.48. The summed E-state index contributed by atoms with van der Waals surface area (Å²) in [4.78, 5) is 30.8. The fraction of sp³-hybridized carbons (Fsp3) is 0.348. The van der Waals surface area contributed by atoms with Crippen LogP contribution in [0.25, 0.3) is 16.6 Å². The molecule has 0 saturated heterocycles. The van der Waals surface area contributed by atoms with Crippen molar-refractivity contribution in [3.63, 3.8) is 0 Å². The van der Waals surface area contributed by atoms with E-state index in [-0.39, 0.29) is 11.5 Å². The highest BCUT2D eigenvalue weighted by Gasteiger charge is 2.28. The minimum Gasteiger partial charge on any atom is -0.444 e. The van der Waals surface area contributed by atoms with Gasteiger partial charge >= 0.3 is 6.09 Å². The molecule has 0 aliphatic rings. The van der Waals surface area contributed by atoms with Gasteiger partial charge in [0.25, 0.3) is 5.56 Å². The largest absolute Gasteiger partial charge is 0.444 e. The van der Waals surface area contributed by atoms with E-state index >= 15 is 0 Å². The number of hydrogen-bond donors (Lipinski definition) is 1. The molecule has 0 aliphatic carbocycles. The summed E-state index contributed by atoms with van der Waals surface area (Å²) in [5.74, 6) is 0.359. The minimum absolute atomic E-state index is 0.0592. The maximum atomic E-state index is 13.5. The number of nitrogens with zero attached hydrogens (tertiary/aromatic N) is 2. The van der Waals surface area contributed by atoms with Crippen LogP contribution in [0, 0.1) is 5.92 Å². The van der Waals surface area contributed by atoms with E-state index in [1.807, 2.05) is 44.2 Å². The SMILES string of the molecule is CC(C)[C@@H](NC(=O)OC(C)(C)C)c1nc2cccc(Cl)c2c(=O)n1-c1ccccc1. The molecule has 7 heteroatoms. The summed E-state index contributed by atoms with van der Waals surface area (Å²) < 4.78 is 6.95. The molecule has 0 bridgehead atoms. The van der Waals surface area contributed by atoms with Gasteiger partial charge in [0.05, 0.1) is 27.7 Å². The molecule has 1 atom stereocenters. The summed E-state index contributed by atoms with van der Waals surface area (Å²) in [6, 6.07) is 13.8. The summed E-state index contributed by atoms with van der Waals surface area (Å²) in [5, 5.41) is 3.56. The summed E-state index contributed by atoms with van der Waals surface area (Å²) >= 11 is 6.33. The zero-order valence-corrected chi connectivity index (χ0v) is 18.5. The van der Waals surface area contributed by atoms with Crippen molar-refractivity contribution >= 4 is 28.6 Å². The molecule has 30 heavy (non-hydrogen) atoms. The molecule has 3 aromatic rings. The first kappa shape index (κ1) is 21.8. The van der Waals surface area contributed by atoms with Crippen LogP contribution in [-0.2, 0) is 4.74 Å². The maximum Gasteiger partial charge on any atom is 0.408 e. The lowest BCUT2D eigenvalue weighted by Gasteiger charge is -2.27. The van der Waals surface area contributed by atoms with Gasteiger partial charge in [-0.15, -0.1) is 0 Å². The Hall–Kier alpha value is -2.86. The van der Waals surface area contributed by atoms with Crippen LogP contribution >= 0.6 is 11.6 Å². The fourth-order valence-corrected chi connectivity index (χ4v) is 3.46. The third-order valence-corrected chi connectivity index (χ3v) is 4.82. The van der Waals surface area contributed by atoms with E-state index in [1.54, 1.807) is 39.0 Å². The van der Waals surface area contributed by atoms with Gasteiger partial charge in [0.1, 0.15) is 11.4 Å². The smallest absolute Gasteiger partial charge is 0.408 e. The van der Waals surface area contributed by atoms with E-state index in [0.717, 1.165) is 0 Å². The summed E-state index contributed by atoms with van der Waals surface area (Å²) in [5.41, 5.74) is 0.188. The maximum absolute atomic E-state index is 13.5. The second-order valence-corrected chi connectivity index (χ2v) is 8.86. The monoisotopic (exact) mass is 427 g/mol. The number of carbonyl (C=O) groups excluding carboxylic acids is 1. The number of nitrogens with one attached hydrogen (secondary N) is 1. The van der Waals surface area contributed by atoms with E-state index < -0.39 is 17.7 Å². The Morgan fingerprint density at radius 2 is 1.77 bits per heavy atom. The third kappa shape index (κ3) is 4.65. The third-order valence-electron chi connectivity index (χ3n) is 4.50. The van der Waals surface area contributed by atoms with Crippen LogP contribution in [0.2, 0.25) is 5.02 Å². The van der Waals surface area contributed by atoms with Gasteiger partial charge in [-0.3, -0.25) is 9.36 Å². The van der Waals surface area contributed by atoms with Gasteiger partial charge in [0.15, 0.2) is 0 Å². The predicted molar refractivity (Wildman–Crippen MR) is 119 cm³/mol.